The van der Waals surface area contributed by atoms with E-state index in [0.717, 1.165) is 5.82 Å². The second-order valence-electron chi connectivity index (χ2n) is 4.84. The van der Waals surface area contributed by atoms with Gasteiger partial charge in [0.25, 0.3) is 0 Å². The topological polar surface area (TPSA) is 64.9 Å². The SMILES string of the molecule is NC(c1nc(C2CCCC2)no1)C1CC1. The second-order valence-corrected chi connectivity index (χ2v) is 4.84. The molecule has 3 rings (SSSR count). The van der Waals surface area contributed by atoms with Crippen LogP contribution in [-0.4, -0.2) is 10.1 Å². The van der Waals surface area contributed by atoms with Crippen molar-refractivity contribution in [2.75, 3.05) is 0 Å². The zero-order valence-corrected chi connectivity index (χ0v) is 8.85. The molecule has 15 heavy (non-hydrogen) atoms. The van der Waals surface area contributed by atoms with Crippen molar-refractivity contribution in [2.45, 2.75) is 50.5 Å². The van der Waals surface area contributed by atoms with Crippen molar-refractivity contribution >= 4 is 0 Å². The minimum atomic E-state index is -0.0207. The summed E-state index contributed by atoms with van der Waals surface area (Å²) in [7, 11) is 0. The number of aromatic nitrogens is 2. The molecule has 2 aliphatic carbocycles. The Morgan fingerprint density at radius 3 is 2.60 bits per heavy atom. The van der Waals surface area contributed by atoms with Gasteiger partial charge in [0, 0.05) is 5.92 Å². The van der Waals surface area contributed by atoms with E-state index < -0.39 is 0 Å². The van der Waals surface area contributed by atoms with E-state index in [2.05, 4.69) is 10.1 Å². The number of rotatable bonds is 3. The van der Waals surface area contributed by atoms with Gasteiger partial charge in [0.1, 0.15) is 0 Å². The molecule has 0 amide bonds. The molecule has 2 fully saturated rings. The maximum absolute atomic E-state index is 6.02. The van der Waals surface area contributed by atoms with Gasteiger partial charge >= 0.3 is 0 Å². The van der Waals surface area contributed by atoms with Gasteiger partial charge in [-0.05, 0) is 31.6 Å². The van der Waals surface area contributed by atoms with E-state index in [4.69, 9.17) is 10.3 Å². The smallest absolute Gasteiger partial charge is 0.243 e. The first-order valence-corrected chi connectivity index (χ1v) is 5.93. The largest absolute Gasteiger partial charge is 0.338 e. The lowest BCUT2D eigenvalue weighted by molar-refractivity contribution is 0.338. The molecule has 2 saturated carbocycles. The second kappa shape index (κ2) is 3.59. The molecular weight excluding hydrogens is 190 g/mol. The minimum absolute atomic E-state index is 0.0207. The Kier molecular flexibility index (Phi) is 2.24. The van der Waals surface area contributed by atoms with Gasteiger partial charge in [-0.25, -0.2) is 0 Å². The fourth-order valence-corrected chi connectivity index (χ4v) is 2.39. The highest BCUT2D eigenvalue weighted by atomic mass is 16.5. The summed E-state index contributed by atoms with van der Waals surface area (Å²) in [5.41, 5.74) is 6.02. The average Bonchev–Trinajstić information content (AvgIpc) is 2.80. The van der Waals surface area contributed by atoms with Crippen LogP contribution in [0.3, 0.4) is 0 Å². The molecular formula is C11H17N3O. The summed E-state index contributed by atoms with van der Waals surface area (Å²) in [6.07, 6.45) is 7.42. The third-order valence-corrected chi connectivity index (χ3v) is 3.59. The van der Waals surface area contributed by atoms with Crippen LogP contribution in [-0.2, 0) is 0 Å². The van der Waals surface area contributed by atoms with Crippen LogP contribution in [0.15, 0.2) is 4.52 Å². The molecule has 0 aromatic carbocycles. The van der Waals surface area contributed by atoms with Gasteiger partial charge in [-0.2, -0.15) is 4.98 Å². The summed E-state index contributed by atoms with van der Waals surface area (Å²) in [6.45, 7) is 0. The van der Waals surface area contributed by atoms with Crippen LogP contribution >= 0.6 is 0 Å². The molecule has 0 bridgehead atoms. The first-order chi connectivity index (χ1) is 7.34. The van der Waals surface area contributed by atoms with E-state index in [9.17, 15) is 0 Å². The Morgan fingerprint density at radius 1 is 1.20 bits per heavy atom. The van der Waals surface area contributed by atoms with Crippen LogP contribution in [0.2, 0.25) is 0 Å². The molecule has 4 heteroatoms. The van der Waals surface area contributed by atoms with Gasteiger partial charge < -0.3 is 10.3 Å². The van der Waals surface area contributed by atoms with Gasteiger partial charge in [-0.15, -0.1) is 0 Å². The number of hydrogen-bond donors (Lipinski definition) is 1. The molecule has 0 aliphatic heterocycles. The van der Waals surface area contributed by atoms with Gasteiger partial charge in [0.15, 0.2) is 5.82 Å². The summed E-state index contributed by atoms with van der Waals surface area (Å²) < 4.78 is 5.25. The normalized spacial score (nSPS) is 24.6. The van der Waals surface area contributed by atoms with Crippen molar-refractivity contribution in [3.63, 3.8) is 0 Å². The van der Waals surface area contributed by atoms with Crippen LogP contribution in [0.5, 0.6) is 0 Å². The van der Waals surface area contributed by atoms with Crippen LogP contribution in [0.25, 0.3) is 0 Å². The summed E-state index contributed by atoms with van der Waals surface area (Å²) >= 11 is 0. The highest BCUT2D eigenvalue weighted by Gasteiger charge is 2.34. The van der Waals surface area contributed by atoms with Crippen molar-refractivity contribution < 1.29 is 4.52 Å². The van der Waals surface area contributed by atoms with Crippen molar-refractivity contribution in [3.05, 3.63) is 11.7 Å². The van der Waals surface area contributed by atoms with E-state index >= 15 is 0 Å². The molecule has 82 valence electrons. The summed E-state index contributed by atoms with van der Waals surface area (Å²) in [5.74, 6) is 2.65. The molecule has 1 atom stereocenters. The van der Waals surface area contributed by atoms with E-state index in [1.807, 2.05) is 0 Å². The first kappa shape index (κ1) is 9.33. The van der Waals surface area contributed by atoms with E-state index in [1.54, 1.807) is 0 Å². The zero-order valence-electron chi connectivity index (χ0n) is 8.85. The lowest BCUT2D eigenvalue weighted by Crippen LogP contribution is -2.12. The molecule has 0 spiro atoms. The average molecular weight is 207 g/mol. The highest BCUT2D eigenvalue weighted by Crippen LogP contribution is 2.39. The molecule has 1 aromatic rings. The molecule has 1 heterocycles. The third-order valence-electron chi connectivity index (χ3n) is 3.59. The predicted molar refractivity (Wildman–Crippen MR) is 55.2 cm³/mol. The molecule has 4 nitrogen and oxygen atoms in total. The monoisotopic (exact) mass is 207 g/mol. The van der Waals surface area contributed by atoms with E-state index in [-0.39, 0.29) is 6.04 Å². The summed E-state index contributed by atoms with van der Waals surface area (Å²) in [6, 6.07) is -0.0207. The van der Waals surface area contributed by atoms with Crippen molar-refractivity contribution in [3.8, 4) is 0 Å². The van der Waals surface area contributed by atoms with Gasteiger partial charge in [0.2, 0.25) is 5.89 Å². The Labute approximate surface area is 89.2 Å². The minimum Gasteiger partial charge on any atom is -0.338 e. The molecule has 0 radical (unpaired) electrons. The van der Waals surface area contributed by atoms with Crippen molar-refractivity contribution in [1.82, 2.24) is 10.1 Å². The Balaban J connectivity index is 1.74. The predicted octanol–water partition coefficient (Wildman–Crippen LogP) is 2.14. The Morgan fingerprint density at radius 2 is 1.93 bits per heavy atom. The number of nitrogens with two attached hydrogens (primary N) is 1. The van der Waals surface area contributed by atoms with E-state index in [0.29, 0.717) is 17.7 Å². The first-order valence-electron chi connectivity index (χ1n) is 5.93. The van der Waals surface area contributed by atoms with Gasteiger partial charge in [-0.3, -0.25) is 0 Å². The molecule has 1 unspecified atom stereocenters. The van der Waals surface area contributed by atoms with Gasteiger partial charge in [0.05, 0.1) is 6.04 Å². The zero-order chi connectivity index (χ0) is 10.3. The summed E-state index contributed by atoms with van der Waals surface area (Å²) in [5, 5.41) is 4.06. The van der Waals surface area contributed by atoms with Crippen LogP contribution in [0.4, 0.5) is 0 Å². The summed E-state index contributed by atoms with van der Waals surface area (Å²) in [4.78, 5) is 4.45. The lowest BCUT2D eigenvalue weighted by Gasteiger charge is -2.02. The fourth-order valence-electron chi connectivity index (χ4n) is 2.39. The molecule has 1 aromatic heterocycles. The lowest BCUT2D eigenvalue weighted by atomic mass is 10.1. The Hall–Kier alpha value is -0.900. The molecule has 2 aliphatic rings. The van der Waals surface area contributed by atoms with Crippen LogP contribution in [0, 0.1) is 5.92 Å². The molecule has 2 N–H and O–H groups in total. The fraction of sp³-hybridized carbons (Fsp3) is 0.818. The van der Waals surface area contributed by atoms with Crippen LogP contribution in [0.1, 0.15) is 62.2 Å². The van der Waals surface area contributed by atoms with Gasteiger partial charge in [-0.1, -0.05) is 18.0 Å². The maximum Gasteiger partial charge on any atom is 0.243 e. The standard InChI is InChI=1S/C11H17N3O/c12-9(7-5-6-7)11-13-10(14-15-11)8-3-1-2-4-8/h7-9H,1-6,12H2. The highest BCUT2D eigenvalue weighted by molar-refractivity contribution is 5.02. The van der Waals surface area contributed by atoms with Crippen molar-refractivity contribution in [2.24, 2.45) is 11.7 Å². The van der Waals surface area contributed by atoms with Crippen LogP contribution < -0.4 is 5.73 Å². The Bertz CT molecular complexity index is 323. The molecule has 0 saturated heterocycles. The number of hydrogen-bond acceptors (Lipinski definition) is 4. The quantitative estimate of drug-likeness (QED) is 0.824. The van der Waals surface area contributed by atoms with Crippen molar-refractivity contribution in [1.29, 1.82) is 0 Å². The maximum atomic E-state index is 6.02. The van der Waals surface area contributed by atoms with E-state index in [1.165, 1.54) is 38.5 Å². The number of nitrogens with zero attached hydrogens (tertiary/aromatic N) is 2. The third kappa shape index (κ3) is 1.78.